The molecule has 1 fully saturated rings. The molecule has 1 unspecified atom stereocenters. The van der Waals surface area contributed by atoms with E-state index in [9.17, 15) is 0 Å². The molecule has 1 atom stereocenters. The fourth-order valence-corrected chi connectivity index (χ4v) is 3.52. The number of anilines is 2. The molecule has 2 aromatic rings. The van der Waals surface area contributed by atoms with Crippen LogP contribution in [0.15, 0.2) is 29.2 Å². The first-order valence-corrected chi connectivity index (χ1v) is 9.14. The zero-order valence-corrected chi connectivity index (χ0v) is 14.7. The van der Waals surface area contributed by atoms with E-state index in [0.29, 0.717) is 6.04 Å². The maximum atomic E-state index is 4.48. The van der Waals surface area contributed by atoms with Crippen LogP contribution in [-0.4, -0.2) is 48.1 Å². The molecule has 3 heterocycles. The van der Waals surface area contributed by atoms with Gasteiger partial charge in [0.25, 0.3) is 0 Å². The van der Waals surface area contributed by atoms with Gasteiger partial charge >= 0.3 is 0 Å². The Balaban J connectivity index is 1.51. The van der Waals surface area contributed by atoms with E-state index in [1.54, 1.807) is 11.3 Å². The molecule has 1 aliphatic heterocycles. The first-order valence-electron chi connectivity index (χ1n) is 8.20. The third-order valence-corrected chi connectivity index (χ3v) is 4.90. The zero-order valence-electron chi connectivity index (χ0n) is 13.9. The van der Waals surface area contributed by atoms with Gasteiger partial charge in [0.1, 0.15) is 5.82 Å². The van der Waals surface area contributed by atoms with Crippen LogP contribution in [0.2, 0.25) is 0 Å². The lowest BCUT2D eigenvalue weighted by Crippen LogP contribution is -2.26. The molecule has 5 nitrogen and oxygen atoms in total. The van der Waals surface area contributed by atoms with Crippen molar-refractivity contribution < 1.29 is 0 Å². The Bertz CT molecular complexity index is 582. The normalized spacial score (nSPS) is 19.3. The first-order chi connectivity index (χ1) is 11.2. The summed E-state index contributed by atoms with van der Waals surface area (Å²) in [6, 6.07) is 4.72. The Hall–Kier alpha value is -1.66. The molecule has 0 spiro atoms. The van der Waals surface area contributed by atoms with E-state index >= 15 is 0 Å². The second kappa shape index (κ2) is 7.75. The molecule has 1 N–H and O–H groups in total. The van der Waals surface area contributed by atoms with Crippen molar-refractivity contribution in [1.29, 1.82) is 0 Å². The molecule has 0 bridgehead atoms. The van der Waals surface area contributed by atoms with E-state index in [2.05, 4.69) is 37.7 Å². The second-order valence-electron chi connectivity index (χ2n) is 6.33. The van der Waals surface area contributed by atoms with Gasteiger partial charge in [-0.05, 0) is 37.9 Å². The minimum absolute atomic E-state index is 0.530. The van der Waals surface area contributed by atoms with Crippen LogP contribution in [-0.2, 0) is 6.54 Å². The Labute approximate surface area is 142 Å². The number of nitrogens with one attached hydrogen (secondary N) is 1. The predicted octanol–water partition coefficient (Wildman–Crippen LogP) is 3.07. The highest BCUT2D eigenvalue weighted by atomic mass is 32.1. The standard InChI is InChI=1S/C17H25N5S/c1-21(2)17-6-5-15(10-18-17)20-14-4-3-8-22(9-7-14)11-16-12-23-13-19-16/h5-6,10,12-14,20H,3-4,7-9,11H2,1-2H3. The summed E-state index contributed by atoms with van der Waals surface area (Å²) in [6.07, 6.45) is 5.54. The van der Waals surface area contributed by atoms with Gasteiger partial charge in [-0.1, -0.05) is 0 Å². The molecule has 0 saturated carbocycles. The number of aromatic nitrogens is 2. The third-order valence-electron chi connectivity index (χ3n) is 4.27. The van der Waals surface area contributed by atoms with E-state index in [4.69, 9.17) is 0 Å². The molecule has 2 aromatic heterocycles. The van der Waals surface area contributed by atoms with Gasteiger partial charge in [-0.2, -0.15) is 0 Å². The highest BCUT2D eigenvalue weighted by molar-refractivity contribution is 7.07. The van der Waals surface area contributed by atoms with Crippen LogP contribution < -0.4 is 10.2 Å². The topological polar surface area (TPSA) is 44.3 Å². The lowest BCUT2D eigenvalue weighted by molar-refractivity contribution is 0.273. The molecule has 23 heavy (non-hydrogen) atoms. The average Bonchev–Trinajstić information content (AvgIpc) is 2.96. The molecular formula is C17H25N5S. The van der Waals surface area contributed by atoms with Crippen molar-refractivity contribution in [3.05, 3.63) is 34.9 Å². The van der Waals surface area contributed by atoms with Crippen molar-refractivity contribution in [3.8, 4) is 0 Å². The van der Waals surface area contributed by atoms with Crippen molar-refractivity contribution in [2.75, 3.05) is 37.4 Å². The smallest absolute Gasteiger partial charge is 0.128 e. The molecule has 124 valence electrons. The lowest BCUT2D eigenvalue weighted by Gasteiger charge is -2.20. The number of hydrogen-bond acceptors (Lipinski definition) is 6. The van der Waals surface area contributed by atoms with Crippen LogP contribution in [0, 0.1) is 0 Å². The highest BCUT2D eigenvalue weighted by Crippen LogP contribution is 2.19. The van der Waals surface area contributed by atoms with Crippen LogP contribution in [0.25, 0.3) is 0 Å². The van der Waals surface area contributed by atoms with Gasteiger partial charge in [-0.25, -0.2) is 9.97 Å². The Morgan fingerprint density at radius 3 is 2.87 bits per heavy atom. The summed E-state index contributed by atoms with van der Waals surface area (Å²) in [5, 5.41) is 5.80. The number of rotatable bonds is 5. The minimum atomic E-state index is 0.530. The second-order valence-corrected chi connectivity index (χ2v) is 7.05. The van der Waals surface area contributed by atoms with Gasteiger partial charge in [0.2, 0.25) is 0 Å². The van der Waals surface area contributed by atoms with Crippen LogP contribution >= 0.6 is 11.3 Å². The maximum absolute atomic E-state index is 4.48. The molecule has 3 rings (SSSR count). The van der Waals surface area contributed by atoms with E-state index in [0.717, 1.165) is 31.1 Å². The number of thiazole rings is 1. The number of nitrogens with zero attached hydrogens (tertiary/aromatic N) is 4. The maximum Gasteiger partial charge on any atom is 0.128 e. The summed E-state index contributed by atoms with van der Waals surface area (Å²) in [4.78, 5) is 13.4. The van der Waals surface area contributed by atoms with Crippen LogP contribution in [0.5, 0.6) is 0 Å². The summed E-state index contributed by atoms with van der Waals surface area (Å²) < 4.78 is 0. The van der Waals surface area contributed by atoms with Gasteiger partial charge in [0, 0.05) is 38.6 Å². The molecule has 1 aliphatic rings. The summed E-state index contributed by atoms with van der Waals surface area (Å²) >= 11 is 1.68. The van der Waals surface area contributed by atoms with E-state index < -0.39 is 0 Å². The van der Waals surface area contributed by atoms with Crippen molar-refractivity contribution >= 4 is 22.8 Å². The molecule has 0 aromatic carbocycles. The lowest BCUT2D eigenvalue weighted by atomic mass is 10.1. The summed E-state index contributed by atoms with van der Waals surface area (Å²) in [5.41, 5.74) is 4.24. The largest absolute Gasteiger partial charge is 0.381 e. The number of hydrogen-bond donors (Lipinski definition) is 1. The SMILES string of the molecule is CN(C)c1ccc(NC2CCCN(Cc3cscn3)CC2)cn1. The van der Waals surface area contributed by atoms with Gasteiger partial charge in [0.15, 0.2) is 0 Å². The van der Waals surface area contributed by atoms with Crippen LogP contribution in [0.4, 0.5) is 11.5 Å². The molecule has 6 heteroatoms. The first kappa shape index (κ1) is 16.2. The fraction of sp³-hybridized carbons (Fsp3) is 0.529. The van der Waals surface area contributed by atoms with E-state index in [1.807, 2.05) is 30.7 Å². The third kappa shape index (κ3) is 4.65. The van der Waals surface area contributed by atoms with E-state index in [1.165, 1.54) is 25.0 Å². The summed E-state index contributed by atoms with van der Waals surface area (Å²) in [7, 11) is 4.02. The zero-order chi connectivity index (χ0) is 16.1. The average molecular weight is 331 g/mol. The quantitative estimate of drug-likeness (QED) is 0.912. The summed E-state index contributed by atoms with van der Waals surface area (Å²) in [6.45, 7) is 3.27. The Morgan fingerprint density at radius 2 is 2.17 bits per heavy atom. The van der Waals surface area contributed by atoms with Gasteiger partial charge in [0.05, 0.1) is 23.1 Å². The fourth-order valence-electron chi connectivity index (χ4n) is 2.97. The van der Waals surface area contributed by atoms with Gasteiger partial charge in [-0.3, -0.25) is 4.90 Å². The number of likely N-dealkylation sites (tertiary alicyclic amines) is 1. The van der Waals surface area contributed by atoms with Crippen molar-refractivity contribution in [1.82, 2.24) is 14.9 Å². The monoisotopic (exact) mass is 331 g/mol. The Kier molecular flexibility index (Phi) is 5.46. The molecular weight excluding hydrogens is 306 g/mol. The van der Waals surface area contributed by atoms with Gasteiger partial charge < -0.3 is 10.2 Å². The minimum Gasteiger partial charge on any atom is -0.381 e. The van der Waals surface area contributed by atoms with Crippen LogP contribution in [0.3, 0.4) is 0 Å². The van der Waals surface area contributed by atoms with Gasteiger partial charge in [-0.15, -0.1) is 11.3 Å². The van der Waals surface area contributed by atoms with Crippen molar-refractivity contribution in [2.24, 2.45) is 0 Å². The van der Waals surface area contributed by atoms with E-state index in [-0.39, 0.29) is 0 Å². The molecule has 0 amide bonds. The summed E-state index contributed by atoms with van der Waals surface area (Å²) in [5.74, 6) is 0.992. The van der Waals surface area contributed by atoms with Crippen molar-refractivity contribution in [3.63, 3.8) is 0 Å². The Morgan fingerprint density at radius 1 is 1.26 bits per heavy atom. The van der Waals surface area contributed by atoms with Crippen molar-refractivity contribution in [2.45, 2.75) is 31.8 Å². The number of pyridine rings is 1. The molecule has 1 saturated heterocycles. The highest BCUT2D eigenvalue weighted by Gasteiger charge is 2.17. The molecule has 0 radical (unpaired) electrons. The van der Waals surface area contributed by atoms with Crippen LogP contribution in [0.1, 0.15) is 25.0 Å². The molecule has 0 aliphatic carbocycles. The predicted molar refractivity (Wildman–Crippen MR) is 97.2 cm³/mol.